The van der Waals surface area contributed by atoms with Crippen LogP contribution in [0.3, 0.4) is 0 Å². The lowest BCUT2D eigenvalue weighted by molar-refractivity contribution is 0.0631. The van der Waals surface area contributed by atoms with Crippen LogP contribution in [-0.4, -0.2) is 26.6 Å². The summed E-state index contributed by atoms with van der Waals surface area (Å²) >= 11 is 0. The maximum Gasteiger partial charge on any atom is 0.112 e. The van der Waals surface area contributed by atoms with Crippen LogP contribution in [0, 0.1) is 22.7 Å². The van der Waals surface area contributed by atoms with E-state index >= 15 is 0 Å². The van der Waals surface area contributed by atoms with Gasteiger partial charge in [-0.2, -0.15) is 10.4 Å². The highest BCUT2D eigenvalue weighted by molar-refractivity contribution is 5.42. The smallest absolute Gasteiger partial charge is 0.112 e. The molecule has 5 nitrogen and oxygen atoms in total. The monoisotopic (exact) mass is 301 g/mol. The lowest BCUT2D eigenvalue weighted by atomic mass is 9.52. The first-order chi connectivity index (χ1) is 10.3. The van der Waals surface area contributed by atoms with E-state index in [9.17, 15) is 10.4 Å². The highest BCUT2D eigenvalue weighted by Crippen LogP contribution is 2.57. The van der Waals surface area contributed by atoms with Gasteiger partial charge in [-0.25, -0.2) is 0 Å². The van der Waals surface area contributed by atoms with Crippen LogP contribution in [0.2, 0.25) is 0 Å². The Balaban J connectivity index is 2.13. The minimum atomic E-state index is -0.420. The summed E-state index contributed by atoms with van der Waals surface area (Å²) in [6.07, 6.45) is 4.46. The number of hydrogen-bond acceptors (Lipinski definition) is 4. The summed E-state index contributed by atoms with van der Waals surface area (Å²) < 4.78 is 1.80. The van der Waals surface area contributed by atoms with Crippen molar-refractivity contribution < 1.29 is 10.2 Å². The van der Waals surface area contributed by atoms with Gasteiger partial charge in [0.25, 0.3) is 0 Å². The Kier molecular flexibility index (Phi) is 3.33. The zero-order valence-corrected chi connectivity index (χ0v) is 13.4. The molecule has 0 aliphatic heterocycles. The second kappa shape index (κ2) is 4.85. The zero-order chi connectivity index (χ0) is 16.1. The molecule has 0 amide bonds. The Bertz CT molecular complexity index is 681. The molecule has 1 heterocycles. The van der Waals surface area contributed by atoms with Crippen LogP contribution in [0.15, 0.2) is 17.5 Å². The average Bonchev–Trinajstić information content (AvgIpc) is 2.87. The van der Waals surface area contributed by atoms with Crippen LogP contribution >= 0.6 is 0 Å². The van der Waals surface area contributed by atoms with E-state index in [-0.39, 0.29) is 23.7 Å². The first kappa shape index (κ1) is 15.1. The van der Waals surface area contributed by atoms with Crippen LogP contribution < -0.4 is 0 Å². The molecule has 2 N–H and O–H groups in total. The topological polar surface area (TPSA) is 82.1 Å². The summed E-state index contributed by atoms with van der Waals surface area (Å²) in [6.45, 7) is 6.77. The molecular weight excluding hydrogens is 278 g/mol. The van der Waals surface area contributed by atoms with Crippen molar-refractivity contribution in [2.75, 3.05) is 6.61 Å². The Morgan fingerprint density at radius 1 is 1.45 bits per heavy atom. The van der Waals surface area contributed by atoms with E-state index < -0.39 is 5.41 Å². The van der Waals surface area contributed by atoms with Crippen molar-refractivity contribution in [2.45, 2.75) is 52.0 Å². The molecular formula is C17H23N3O2. The molecule has 1 aromatic heterocycles. The van der Waals surface area contributed by atoms with Crippen molar-refractivity contribution in [3.05, 3.63) is 28.8 Å². The molecule has 0 fully saturated rings. The predicted octanol–water partition coefficient (Wildman–Crippen LogP) is 2.46. The molecule has 0 saturated carbocycles. The van der Waals surface area contributed by atoms with Gasteiger partial charge >= 0.3 is 0 Å². The number of aliphatic hydroxyl groups excluding tert-OH is 2. The number of nitrogens with zero attached hydrogens (tertiary/aromatic N) is 3. The lowest BCUT2D eigenvalue weighted by Crippen LogP contribution is -2.49. The number of allylic oxidation sites excluding steroid dienone is 2. The van der Waals surface area contributed by atoms with Crippen LogP contribution in [0.1, 0.15) is 44.9 Å². The maximum absolute atomic E-state index is 10.5. The van der Waals surface area contributed by atoms with Crippen molar-refractivity contribution in [3.63, 3.8) is 0 Å². The third-order valence-corrected chi connectivity index (χ3v) is 5.63. The minimum absolute atomic E-state index is 0.0658. The fourth-order valence-corrected chi connectivity index (χ4v) is 4.59. The summed E-state index contributed by atoms with van der Waals surface area (Å²) in [5.74, 6) is 0.498. The van der Waals surface area contributed by atoms with Crippen molar-refractivity contribution in [1.82, 2.24) is 9.78 Å². The normalized spacial score (nSPS) is 29.7. The number of aliphatic hydroxyl groups is 2. The van der Waals surface area contributed by atoms with Gasteiger partial charge in [-0.05, 0) is 30.7 Å². The molecule has 0 radical (unpaired) electrons. The second-order valence-corrected chi connectivity index (χ2v) is 7.34. The Hall–Kier alpha value is -1.80. The van der Waals surface area contributed by atoms with Gasteiger partial charge in [-0.15, -0.1) is 0 Å². The number of rotatable bonds is 2. The van der Waals surface area contributed by atoms with Crippen LogP contribution in [0.4, 0.5) is 0 Å². The van der Waals surface area contributed by atoms with Gasteiger partial charge in [0.15, 0.2) is 0 Å². The third kappa shape index (κ3) is 1.90. The largest absolute Gasteiger partial charge is 0.511 e. The third-order valence-electron chi connectivity index (χ3n) is 5.63. The van der Waals surface area contributed by atoms with Crippen molar-refractivity contribution in [1.29, 1.82) is 5.26 Å². The van der Waals surface area contributed by atoms with Gasteiger partial charge in [-0.3, -0.25) is 4.68 Å². The molecule has 1 aromatic rings. The minimum Gasteiger partial charge on any atom is -0.511 e. The number of hydrogen-bond donors (Lipinski definition) is 2. The fourth-order valence-electron chi connectivity index (χ4n) is 4.59. The van der Waals surface area contributed by atoms with Gasteiger partial charge in [0.1, 0.15) is 5.76 Å². The molecule has 5 heteroatoms. The van der Waals surface area contributed by atoms with E-state index in [1.165, 1.54) is 5.56 Å². The van der Waals surface area contributed by atoms with Gasteiger partial charge in [0.2, 0.25) is 0 Å². The summed E-state index contributed by atoms with van der Waals surface area (Å²) in [5.41, 5.74) is 2.06. The summed E-state index contributed by atoms with van der Waals surface area (Å²) in [5, 5.41) is 33.7. The molecule has 2 atom stereocenters. The first-order valence-electron chi connectivity index (χ1n) is 7.85. The van der Waals surface area contributed by atoms with E-state index in [2.05, 4.69) is 13.0 Å². The number of aromatic nitrogens is 2. The molecule has 0 aromatic carbocycles. The van der Waals surface area contributed by atoms with Crippen molar-refractivity contribution >= 4 is 0 Å². The molecule has 0 bridgehead atoms. The Morgan fingerprint density at radius 3 is 2.82 bits per heavy atom. The molecule has 0 unspecified atom stereocenters. The maximum atomic E-state index is 10.5. The van der Waals surface area contributed by atoms with E-state index in [1.54, 1.807) is 4.68 Å². The average molecular weight is 301 g/mol. The summed E-state index contributed by atoms with van der Waals surface area (Å²) in [6, 6.07) is 2.19. The molecule has 22 heavy (non-hydrogen) atoms. The lowest BCUT2D eigenvalue weighted by Gasteiger charge is -2.51. The van der Waals surface area contributed by atoms with E-state index in [1.807, 2.05) is 20.0 Å². The molecule has 2 aliphatic carbocycles. The van der Waals surface area contributed by atoms with Gasteiger partial charge in [-0.1, -0.05) is 20.8 Å². The molecule has 118 valence electrons. The summed E-state index contributed by atoms with van der Waals surface area (Å²) in [7, 11) is 0. The van der Waals surface area contributed by atoms with E-state index in [4.69, 9.17) is 10.2 Å². The predicted molar refractivity (Wildman–Crippen MR) is 82.1 cm³/mol. The van der Waals surface area contributed by atoms with Gasteiger partial charge < -0.3 is 10.2 Å². The quantitative estimate of drug-likeness (QED) is 0.879. The Morgan fingerprint density at radius 2 is 2.18 bits per heavy atom. The number of nitriles is 1. The van der Waals surface area contributed by atoms with Crippen LogP contribution in [-0.2, 0) is 18.4 Å². The standard InChI is InChI=1S/C17H23N3O2/c1-16(2)13-5-4-11-10-20(6-7-21)19-14(11)17(13,3)8-12(9-18)15(16)22/h10,13,21-22H,4-8H2,1-3H3/t13-,17-/m0/s1. The molecule has 0 saturated heterocycles. The highest BCUT2D eigenvalue weighted by atomic mass is 16.3. The van der Waals surface area contributed by atoms with Crippen molar-refractivity contribution in [3.8, 4) is 6.07 Å². The number of aryl methyl sites for hydroxylation is 1. The zero-order valence-electron chi connectivity index (χ0n) is 13.4. The van der Waals surface area contributed by atoms with Gasteiger partial charge in [0, 0.05) is 17.0 Å². The van der Waals surface area contributed by atoms with Crippen LogP contribution in [0.5, 0.6) is 0 Å². The van der Waals surface area contributed by atoms with Gasteiger partial charge in [0.05, 0.1) is 30.5 Å². The number of fused-ring (bicyclic) bond motifs is 3. The molecule has 2 aliphatic rings. The molecule has 3 rings (SSSR count). The van der Waals surface area contributed by atoms with Crippen molar-refractivity contribution in [2.24, 2.45) is 11.3 Å². The highest BCUT2D eigenvalue weighted by Gasteiger charge is 2.54. The van der Waals surface area contributed by atoms with Crippen LogP contribution in [0.25, 0.3) is 0 Å². The van der Waals surface area contributed by atoms with E-state index in [0.717, 1.165) is 18.5 Å². The second-order valence-electron chi connectivity index (χ2n) is 7.34. The molecule has 0 spiro atoms. The Labute approximate surface area is 130 Å². The fraction of sp³-hybridized carbons (Fsp3) is 0.647. The summed E-state index contributed by atoms with van der Waals surface area (Å²) in [4.78, 5) is 0. The first-order valence-corrected chi connectivity index (χ1v) is 7.85. The van der Waals surface area contributed by atoms with E-state index in [0.29, 0.717) is 18.5 Å². The SMILES string of the molecule is CC1(C)C(O)=C(C#N)C[C@]2(C)c3nn(CCO)cc3CC[C@@H]12.